The number of aliphatic imine (C=N–C) groups is 1. The molecule has 1 fully saturated rings. The molecule has 1 aliphatic heterocycles. The number of aryl methyl sites for hydroxylation is 1. The van der Waals surface area contributed by atoms with Crippen molar-refractivity contribution in [3.8, 4) is 0 Å². The Morgan fingerprint density at radius 3 is 2.70 bits per heavy atom. The lowest BCUT2D eigenvalue weighted by atomic mass is 9.97. The quantitative estimate of drug-likeness (QED) is 0.648. The topological polar surface area (TPSA) is 39.7 Å². The van der Waals surface area contributed by atoms with Crippen molar-refractivity contribution >= 4 is 5.96 Å². The van der Waals surface area contributed by atoms with Gasteiger partial charge in [-0.05, 0) is 57.3 Å². The van der Waals surface area contributed by atoms with Gasteiger partial charge in [0, 0.05) is 20.1 Å². The third-order valence-electron chi connectivity index (χ3n) is 4.81. The van der Waals surface area contributed by atoms with Gasteiger partial charge in [0.1, 0.15) is 0 Å². The Balaban J connectivity index is 1.74. The molecule has 23 heavy (non-hydrogen) atoms. The highest BCUT2D eigenvalue weighted by molar-refractivity contribution is 5.79. The minimum Gasteiger partial charge on any atom is -0.356 e. The van der Waals surface area contributed by atoms with Crippen LogP contribution in [0, 0.1) is 12.8 Å². The fourth-order valence-electron chi connectivity index (χ4n) is 3.07. The highest BCUT2D eigenvalue weighted by Gasteiger charge is 2.16. The molecule has 0 bridgehead atoms. The maximum Gasteiger partial charge on any atom is 0.191 e. The molecule has 4 nitrogen and oxygen atoms in total. The van der Waals surface area contributed by atoms with Gasteiger partial charge in [0.15, 0.2) is 5.96 Å². The lowest BCUT2D eigenvalue weighted by molar-refractivity contribution is 0.220. The van der Waals surface area contributed by atoms with Crippen molar-refractivity contribution in [3.05, 3.63) is 35.4 Å². The van der Waals surface area contributed by atoms with Crippen LogP contribution in [0.2, 0.25) is 0 Å². The molecule has 1 aromatic rings. The van der Waals surface area contributed by atoms with Crippen LogP contribution in [0.3, 0.4) is 0 Å². The molecule has 1 aromatic carbocycles. The molecular weight excluding hydrogens is 284 g/mol. The second-order valence-corrected chi connectivity index (χ2v) is 6.90. The van der Waals surface area contributed by atoms with Crippen molar-refractivity contribution in [2.24, 2.45) is 10.9 Å². The van der Waals surface area contributed by atoms with Gasteiger partial charge in [-0.25, -0.2) is 0 Å². The van der Waals surface area contributed by atoms with Gasteiger partial charge < -0.3 is 15.5 Å². The third kappa shape index (κ3) is 5.87. The summed E-state index contributed by atoms with van der Waals surface area (Å²) in [5, 5.41) is 6.96. The first-order chi connectivity index (χ1) is 11.1. The van der Waals surface area contributed by atoms with E-state index in [1.807, 2.05) is 7.05 Å². The summed E-state index contributed by atoms with van der Waals surface area (Å²) in [7, 11) is 4.05. The van der Waals surface area contributed by atoms with E-state index < -0.39 is 0 Å². The van der Waals surface area contributed by atoms with Crippen LogP contribution in [0.4, 0.5) is 0 Å². The van der Waals surface area contributed by atoms with Crippen molar-refractivity contribution in [2.75, 3.05) is 40.3 Å². The third-order valence-corrected chi connectivity index (χ3v) is 4.81. The molecule has 0 aromatic heterocycles. The number of piperidine rings is 1. The summed E-state index contributed by atoms with van der Waals surface area (Å²) in [6.45, 7) is 8.74. The molecule has 0 spiro atoms. The monoisotopic (exact) mass is 316 g/mol. The van der Waals surface area contributed by atoms with Crippen LogP contribution in [0.25, 0.3) is 0 Å². The van der Waals surface area contributed by atoms with Crippen molar-refractivity contribution in [2.45, 2.75) is 32.6 Å². The van der Waals surface area contributed by atoms with E-state index in [1.54, 1.807) is 0 Å². The number of likely N-dealkylation sites (tertiary alicyclic amines) is 1. The van der Waals surface area contributed by atoms with Gasteiger partial charge in [0.05, 0.1) is 0 Å². The fourth-order valence-corrected chi connectivity index (χ4v) is 3.07. The molecule has 4 heteroatoms. The highest BCUT2D eigenvalue weighted by Crippen LogP contribution is 2.16. The zero-order chi connectivity index (χ0) is 16.7. The lowest BCUT2D eigenvalue weighted by Gasteiger charge is -2.29. The molecule has 1 heterocycles. The van der Waals surface area contributed by atoms with Crippen LogP contribution in [0.1, 0.15) is 36.8 Å². The van der Waals surface area contributed by atoms with Crippen LogP contribution in [0.5, 0.6) is 0 Å². The number of nitrogens with zero attached hydrogens (tertiary/aromatic N) is 2. The summed E-state index contributed by atoms with van der Waals surface area (Å²) >= 11 is 0. The standard InChI is InChI=1S/C19H32N4/c1-15-6-5-7-18(12-15)16(2)13-21-19(20-3)22-14-17-8-10-23(4)11-9-17/h5-7,12,16-17H,8-11,13-14H2,1-4H3,(H2,20,21,22). The highest BCUT2D eigenvalue weighted by atomic mass is 15.2. The molecule has 1 unspecified atom stereocenters. The maximum absolute atomic E-state index is 4.35. The normalized spacial score (nSPS) is 18.7. The molecule has 0 radical (unpaired) electrons. The van der Waals surface area contributed by atoms with Crippen molar-refractivity contribution in [1.82, 2.24) is 15.5 Å². The number of hydrogen-bond donors (Lipinski definition) is 2. The Kier molecular flexibility index (Phi) is 6.90. The van der Waals surface area contributed by atoms with Gasteiger partial charge in [-0.2, -0.15) is 0 Å². The Morgan fingerprint density at radius 1 is 1.30 bits per heavy atom. The fraction of sp³-hybridized carbons (Fsp3) is 0.632. The average molecular weight is 316 g/mol. The van der Waals surface area contributed by atoms with E-state index in [0.29, 0.717) is 5.92 Å². The number of guanidine groups is 1. The molecule has 2 rings (SSSR count). The van der Waals surface area contributed by atoms with Gasteiger partial charge in [-0.1, -0.05) is 36.8 Å². The van der Waals surface area contributed by atoms with Crippen molar-refractivity contribution in [1.29, 1.82) is 0 Å². The van der Waals surface area contributed by atoms with Crippen LogP contribution in [0.15, 0.2) is 29.3 Å². The zero-order valence-electron chi connectivity index (χ0n) is 15.1. The SMILES string of the molecule is CN=C(NCC1CCN(C)CC1)NCC(C)c1cccc(C)c1. The smallest absolute Gasteiger partial charge is 0.191 e. The van der Waals surface area contributed by atoms with E-state index in [2.05, 4.69) is 65.7 Å². The second-order valence-electron chi connectivity index (χ2n) is 6.90. The van der Waals surface area contributed by atoms with Gasteiger partial charge in [-0.15, -0.1) is 0 Å². The predicted molar refractivity (Wildman–Crippen MR) is 99.2 cm³/mol. The van der Waals surface area contributed by atoms with Gasteiger partial charge in [0.25, 0.3) is 0 Å². The first-order valence-corrected chi connectivity index (χ1v) is 8.78. The average Bonchev–Trinajstić information content (AvgIpc) is 2.56. The van der Waals surface area contributed by atoms with E-state index in [4.69, 9.17) is 0 Å². The van der Waals surface area contributed by atoms with E-state index in [-0.39, 0.29) is 0 Å². The summed E-state index contributed by atoms with van der Waals surface area (Å²) in [5.41, 5.74) is 2.70. The molecule has 1 atom stereocenters. The number of benzene rings is 1. The summed E-state index contributed by atoms with van der Waals surface area (Å²) in [6, 6.07) is 8.75. The maximum atomic E-state index is 4.35. The predicted octanol–water partition coefficient (Wildman–Crippen LogP) is 2.61. The first kappa shape index (κ1) is 17.8. The molecule has 0 aliphatic carbocycles. The minimum absolute atomic E-state index is 0.469. The van der Waals surface area contributed by atoms with Gasteiger partial charge in [0.2, 0.25) is 0 Å². The molecule has 1 saturated heterocycles. The van der Waals surface area contributed by atoms with Crippen LogP contribution < -0.4 is 10.6 Å². The lowest BCUT2D eigenvalue weighted by Crippen LogP contribution is -2.43. The summed E-state index contributed by atoms with van der Waals surface area (Å²) in [5.74, 6) is 2.15. The first-order valence-electron chi connectivity index (χ1n) is 8.78. The summed E-state index contributed by atoms with van der Waals surface area (Å²) in [6.07, 6.45) is 2.56. The number of hydrogen-bond acceptors (Lipinski definition) is 2. The zero-order valence-corrected chi connectivity index (χ0v) is 15.1. The molecule has 128 valence electrons. The molecule has 0 amide bonds. The van der Waals surface area contributed by atoms with Crippen molar-refractivity contribution in [3.63, 3.8) is 0 Å². The molecule has 1 aliphatic rings. The van der Waals surface area contributed by atoms with E-state index in [1.165, 1.54) is 37.1 Å². The second kappa shape index (κ2) is 8.92. The van der Waals surface area contributed by atoms with Crippen molar-refractivity contribution < 1.29 is 0 Å². The number of rotatable bonds is 5. The number of nitrogens with one attached hydrogen (secondary N) is 2. The molecular formula is C19H32N4. The van der Waals surface area contributed by atoms with Gasteiger partial charge in [-0.3, -0.25) is 4.99 Å². The van der Waals surface area contributed by atoms with Crippen LogP contribution >= 0.6 is 0 Å². The molecule has 0 saturated carbocycles. The van der Waals surface area contributed by atoms with E-state index >= 15 is 0 Å². The minimum atomic E-state index is 0.469. The van der Waals surface area contributed by atoms with Crippen LogP contribution in [-0.4, -0.2) is 51.1 Å². The van der Waals surface area contributed by atoms with Crippen LogP contribution in [-0.2, 0) is 0 Å². The Hall–Kier alpha value is -1.55. The molecule has 2 N–H and O–H groups in total. The Morgan fingerprint density at radius 2 is 2.04 bits per heavy atom. The Bertz CT molecular complexity index is 504. The van der Waals surface area contributed by atoms with E-state index in [0.717, 1.165) is 25.0 Å². The van der Waals surface area contributed by atoms with Gasteiger partial charge >= 0.3 is 0 Å². The Labute approximate surface area is 141 Å². The largest absolute Gasteiger partial charge is 0.356 e. The summed E-state index contributed by atoms with van der Waals surface area (Å²) in [4.78, 5) is 6.76. The van der Waals surface area contributed by atoms with E-state index in [9.17, 15) is 0 Å². The summed E-state index contributed by atoms with van der Waals surface area (Å²) < 4.78 is 0.